The zero-order chi connectivity index (χ0) is 10.8. The molecule has 1 amide bonds. The van der Waals surface area contributed by atoms with Crippen molar-refractivity contribution in [3.8, 4) is 0 Å². The number of carbonyl (C=O) groups is 1. The third-order valence-electron chi connectivity index (χ3n) is 1.86. The predicted molar refractivity (Wildman–Crippen MR) is 55.4 cm³/mol. The summed E-state index contributed by atoms with van der Waals surface area (Å²) in [6.07, 6.45) is 3.76. The van der Waals surface area contributed by atoms with E-state index in [4.69, 9.17) is 16.3 Å². The quantitative estimate of drug-likeness (QED) is 0.452. The number of primary amides is 1. The number of amides is 1. The lowest BCUT2D eigenvalue weighted by Gasteiger charge is -2.18. The van der Waals surface area contributed by atoms with E-state index >= 15 is 0 Å². The first kappa shape index (κ1) is 13.2. The minimum absolute atomic E-state index is 0.459. The second-order valence-corrected chi connectivity index (χ2v) is 3.19. The Labute approximate surface area is 85.3 Å². The molecule has 0 aromatic rings. The van der Waals surface area contributed by atoms with Crippen LogP contribution in [-0.4, -0.2) is 30.8 Å². The van der Waals surface area contributed by atoms with Crippen LogP contribution in [0.15, 0.2) is 0 Å². The van der Waals surface area contributed by atoms with Gasteiger partial charge in [0, 0.05) is 19.6 Å². The van der Waals surface area contributed by atoms with E-state index in [1.165, 1.54) is 17.9 Å². The molecule has 0 aliphatic rings. The minimum Gasteiger partial charge on any atom is -0.351 e. The summed E-state index contributed by atoms with van der Waals surface area (Å²) >= 11 is 0. The van der Waals surface area contributed by atoms with Crippen LogP contribution in [-0.2, 0) is 4.84 Å². The number of nitrogens with zero attached hydrogens (tertiary/aromatic N) is 1. The number of carbonyl (C=O) groups excluding carboxylic acids is 1. The summed E-state index contributed by atoms with van der Waals surface area (Å²) in [6, 6.07) is 0. The molecule has 0 spiro atoms. The molecule has 0 unspecified atom stereocenters. The third kappa shape index (κ3) is 7.82. The van der Waals surface area contributed by atoms with Crippen LogP contribution in [0, 0.1) is 0 Å². The maximum atomic E-state index is 10.5. The van der Waals surface area contributed by atoms with Crippen LogP contribution >= 0.6 is 0 Å². The Balaban J connectivity index is 3.56. The number of hydrogen-bond donors (Lipinski definition) is 2. The first-order chi connectivity index (χ1) is 6.70. The maximum Gasteiger partial charge on any atom is 0.423 e. The Morgan fingerprint density at radius 1 is 1.29 bits per heavy atom. The SMILES string of the molecule is CCCCCCN(CCN)OC(N)=O. The summed E-state index contributed by atoms with van der Waals surface area (Å²) in [5.41, 5.74) is 10.3. The molecule has 0 aliphatic carbocycles. The first-order valence-electron chi connectivity index (χ1n) is 5.13. The Bertz CT molecular complexity index is 153. The van der Waals surface area contributed by atoms with Crippen LogP contribution in [0.3, 0.4) is 0 Å². The molecule has 5 heteroatoms. The summed E-state index contributed by atoms with van der Waals surface area (Å²) in [5.74, 6) is 0. The molecule has 14 heavy (non-hydrogen) atoms. The Hall–Kier alpha value is -0.810. The van der Waals surface area contributed by atoms with Gasteiger partial charge in [-0.15, -0.1) is 5.06 Å². The number of nitrogens with two attached hydrogens (primary N) is 2. The topological polar surface area (TPSA) is 81.6 Å². The summed E-state index contributed by atoms with van der Waals surface area (Å²) in [6.45, 7) is 3.85. The molecule has 0 bridgehead atoms. The molecule has 0 radical (unpaired) electrons. The monoisotopic (exact) mass is 203 g/mol. The third-order valence-corrected chi connectivity index (χ3v) is 1.86. The number of rotatable bonds is 8. The van der Waals surface area contributed by atoms with Crippen LogP contribution in [0.1, 0.15) is 32.6 Å². The van der Waals surface area contributed by atoms with Crippen molar-refractivity contribution in [2.45, 2.75) is 32.6 Å². The lowest BCUT2D eigenvalue weighted by molar-refractivity contribution is -0.0943. The molecule has 0 rings (SSSR count). The highest BCUT2D eigenvalue weighted by atomic mass is 16.7. The average Bonchev–Trinajstić information content (AvgIpc) is 2.12. The van der Waals surface area contributed by atoms with Crippen molar-refractivity contribution in [2.24, 2.45) is 11.5 Å². The van der Waals surface area contributed by atoms with Crippen molar-refractivity contribution in [2.75, 3.05) is 19.6 Å². The van der Waals surface area contributed by atoms with Crippen LogP contribution in [0.25, 0.3) is 0 Å². The van der Waals surface area contributed by atoms with Crippen molar-refractivity contribution < 1.29 is 9.63 Å². The lowest BCUT2D eigenvalue weighted by atomic mass is 10.2. The van der Waals surface area contributed by atoms with Crippen molar-refractivity contribution in [1.82, 2.24) is 5.06 Å². The van der Waals surface area contributed by atoms with E-state index in [1.54, 1.807) is 0 Å². The van der Waals surface area contributed by atoms with E-state index in [9.17, 15) is 4.79 Å². The fourth-order valence-electron chi connectivity index (χ4n) is 1.19. The molecular formula is C9H21N3O2. The van der Waals surface area contributed by atoms with Gasteiger partial charge in [0.05, 0.1) is 0 Å². The molecular weight excluding hydrogens is 182 g/mol. The van der Waals surface area contributed by atoms with Crippen molar-refractivity contribution in [3.05, 3.63) is 0 Å². The normalized spacial score (nSPS) is 10.5. The van der Waals surface area contributed by atoms with Crippen LogP contribution in [0.5, 0.6) is 0 Å². The maximum absolute atomic E-state index is 10.5. The van der Waals surface area contributed by atoms with Gasteiger partial charge in [0.1, 0.15) is 0 Å². The van der Waals surface area contributed by atoms with Gasteiger partial charge in [0.2, 0.25) is 0 Å². The molecule has 0 saturated carbocycles. The standard InChI is InChI=1S/C9H21N3O2/c1-2-3-4-5-7-12(8-6-10)14-9(11)13/h2-8,10H2,1H3,(H2,11,13). The zero-order valence-electron chi connectivity index (χ0n) is 8.87. The fraction of sp³-hybridized carbons (Fsp3) is 0.889. The van der Waals surface area contributed by atoms with E-state index in [-0.39, 0.29) is 0 Å². The molecule has 0 heterocycles. The predicted octanol–water partition coefficient (Wildman–Crippen LogP) is 0.838. The largest absolute Gasteiger partial charge is 0.423 e. The molecule has 5 nitrogen and oxygen atoms in total. The van der Waals surface area contributed by atoms with Gasteiger partial charge in [0.15, 0.2) is 0 Å². The van der Waals surface area contributed by atoms with Gasteiger partial charge in [0.25, 0.3) is 0 Å². The highest BCUT2D eigenvalue weighted by molar-refractivity contribution is 5.64. The van der Waals surface area contributed by atoms with Crippen LogP contribution in [0.2, 0.25) is 0 Å². The Kier molecular flexibility index (Phi) is 8.27. The summed E-state index contributed by atoms with van der Waals surface area (Å²) in [7, 11) is 0. The van der Waals surface area contributed by atoms with E-state index in [1.807, 2.05) is 0 Å². The van der Waals surface area contributed by atoms with E-state index in [0.29, 0.717) is 19.6 Å². The lowest BCUT2D eigenvalue weighted by Crippen LogP contribution is -2.34. The zero-order valence-corrected chi connectivity index (χ0v) is 8.87. The van der Waals surface area contributed by atoms with Gasteiger partial charge in [-0.2, -0.15) is 0 Å². The molecule has 84 valence electrons. The first-order valence-corrected chi connectivity index (χ1v) is 5.13. The number of hydroxylamine groups is 2. The smallest absolute Gasteiger partial charge is 0.351 e. The second kappa shape index (κ2) is 8.77. The summed E-state index contributed by atoms with van der Waals surface area (Å²) < 4.78 is 0. The molecule has 0 aromatic heterocycles. The molecule has 0 aromatic carbocycles. The van der Waals surface area contributed by atoms with E-state index < -0.39 is 6.09 Å². The average molecular weight is 203 g/mol. The summed E-state index contributed by atoms with van der Waals surface area (Å²) in [4.78, 5) is 15.3. The van der Waals surface area contributed by atoms with Gasteiger partial charge in [-0.25, -0.2) is 4.79 Å². The van der Waals surface area contributed by atoms with Crippen LogP contribution < -0.4 is 11.5 Å². The minimum atomic E-state index is -0.769. The van der Waals surface area contributed by atoms with Gasteiger partial charge < -0.3 is 16.3 Å². The van der Waals surface area contributed by atoms with Crippen molar-refractivity contribution >= 4 is 6.09 Å². The Morgan fingerprint density at radius 2 is 2.00 bits per heavy atom. The summed E-state index contributed by atoms with van der Waals surface area (Å²) in [5, 5.41) is 1.53. The number of unbranched alkanes of at least 4 members (excludes halogenated alkanes) is 3. The molecule has 0 fully saturated rings. The van der Waals surface area contributed by atoms with Gasteiger partial charge >= 0.3 is 6.09 Å². The molecule has 0 saturated heterocycles. The second-order valence-electron chi connectivity index (χ2n) is 3.19. The molecule has 0 atom stereocenters. The van der Waals surface area contributed by atoms with Crippen LogP contribution in [0.4, 0.5) is 4.79 Å². The van der Waals surface area contributed by atoms with Gasteiger partial charge in [-0.05, 0) is 6.42 Å². The van der Waals surface area contributed by atoms with Gasteiger partial charge in [-0.1, -0.05) is 26.2 Å². The molecule has 0 aliphatic heterocycles. The van der Waals surface area contributed by atoms with E-state index in [2.05, 4.69) is 6.92 Å². The fourth-order valence-corrected chi connectivity index (χ4v) is 1.19. The van der Waals surface area contributed by atoms with Crippen molar-refractivity contribution in [3.63, 3.8) is 0 Å². The number of hydrogen-bond acceptors (Lipinski definition) is 4. The molecule has 4 N–H and O–H groups in total. The Morgan fingerprint density at radius 3 is 2.50 bits per heavy atom. The van der Waals surface area contributed by atoms with Crippen molar-refractivity contribution in [1.29, 1.82) is 0 Å². The van der Waals surface area contributed by atoms with Gasteiger partial charge in [-0.3, -0.25) is 0 Å². The van der Waals surface area contributed by atoms with E-state index in [0.717, 1.165) is 12.8 Å². The highest BCUT2D eigenvalue weighted by Crippen LogP contribution is 2.01. The highest BCUT2D eigenvalue weighted by Gasteiger charge is 2.06.